The van der Waals surface area contributed by atoms with E-state index in [9.17, 15) is 0 Å². The molecule has 88 valence electrons. The van der Waals surface area contributed by atoms with Gasteiger partial charge in [-0.1, -0.05) is 28.1 Å². The van der Waals surface area contributed by atoms with Crippen LogP contribution >= 0.6 is 15.9 Å². The highest BCUT2D eigenvalue weighted by Crippen LogP contribution is 2.19. The Morgan fingerprint density at radius 3 is 3.06 bits per heavy atom. The second-order valence-corrected chi connectivity index (χ2v) is 5.40. The summed E-state index contributed by atoms with van der Waals surface area (Å²) in [6.45, 7) is 4.50. The minimum atomic E-state index is 0.419. The normalized spacial score (nSPS) is 23.0. The first-order chi connectivity index (χ1) is 7.75. The number of nitrogens with one attached hydrogen (secondary N) is 2. The highest BCUT2D eigenvalue weighted by molar-refractivity contribution is 9.10. The molecule has 2 N–H and O–H groups in total. The molecule has 1 aliphatic heterocycles. The lowest BCUT2D eigenvalue weighted by Crippen LogP contribution is -2.43. The summed E-state index contributed by atoms with van der Waals surface area (Å²) in [5.74, 6) is 0. The second kappa shape index (κ2) is 5.80. The lowest BCUT2D eigenvalue weighted by molar-refractivity contribution is 0.362. The molecule has 1 fully saturated rings. The number of hydrogen-bond acceptors (Lipinski definition) is 2. The molecule has 0 radical (unpaired) electrons. The molecule has 1 aromatic carbocycles. The largest absolute Gasteiger partial charge is 0.315 e. The van der Waals surface area contributed by atoms with Gasteiger partial charge in [-0.15, -0.1) is 0 Å². The van der Waals surface area contributed by atoms with Crippen LogP contribution in [0.3, 0.4) is 0 Å². The predicted octanol–water partition coefficient (Wildman–Crippen LogP) is 2.85. The summed E-state index contributed by atoms with van der Waals surface area (Å²) < 4.78 is 1.15. The maximum atomic E-state index is 3.68. The Hall–Kier alpha value is -0.380. The third-order valence-electron chi connectivity index (χ3n) is 3.13. The van der Waals surface area contributed by atoms with Gasteiger partial charge in [0.1, 0.15) is 0 Å². The van der Waals surface area contributed by atoms with Gasteiger partial charge in [-0.25, -0.2) is 0 Å². The molecule has 1 aromatic rings. The van der Waals surface area contributed by atoms with Gasteiger partial charge >= 0.3 is 0 Å². The number of benzene rings is 1. The Kier molecular flexibility index (Phi) is 4.38. The molecule has 1 unspecified atom stereocenters. The third kappa shape index (κ3) is 3.30. The molecule has 1 heterocycles. The first kappa shape index (κ1) is 12.1. The molecular formula is C13H19BrN2. The van der Waals surface area contributed by atoms with Gasteiger partial charge in [-0.05, 0) is 44.0 Å². The van der Waals surface area contributed by atoms with Crippen molar-refractivity contribution in [1.82, 2.24) is 10.6 Å². The molecule has 0 bridgehead atoms. The molecule has 0 aliphatic carbocycles. The van der Waals surface area contributed by atoms with E-state index in [4.69, 9.17) is 0 Å². The van der Waals surface area contributed by atoms with Gasteiger partial charge in [0.25, 0.3) is 0 Å². The quantitative estimate of drug-likeness (QED) is 0.891. The summed E-state index contributed by atoms with van der Waals surface area (Å²) in [4.78, 5) is 0. The van der Waals surface area contributed by atoms with Gasteiger partial charge in [0, 0.05) is 23.1 Å². The van der Waals surface area contributed by atoms with Crippen LogP contribution in [0.5, 0.6) is 0 Å². The first-order valence-corrected chi connectivity index (χ1v) is 6.77. The van der Waals surface area contributed by atoms with E-state index in [1.165, 1.54) is 24.9 Å². The Morgan fingerprint density at radius 1 is 1.50 bits per heavy atom. The molecule has 0 amide bonds. The maximum absolute atomic E-state index is 3.68. The van der Waals surface area contributed by atoms with Gasteiger partial charge in [-0.2, -0.15) is 0 Å². The first-order valence-electron chi connectivity index (χ1n) is 5.98. The lowest BCUT2D eigenvalue weighted by Gasteiger charge is -2.27. The van der Waals surface area contributed by atoms with E-state index < -0.39 is 0 Å². The molecule has 2 atom stereocenters. The summed E-state index contributed by atoms with van der Waals surface area (Å²) in [6, 6.07) is 9.56. The average molecular weight is 283 g/mol. The van der Waals surface area contributed by atoms with Crippen molar-refractivity contribution in [2.24, 2.45) is 0 Å². The monoisotopic (exact) mass is 282 g/mol. The van der Waals surface area contributed by atoms with Crippen molar-refractivity contribution in [3.63, 3.8) is 0 Å². The number of rotatable bonds is 3. The molecule has 0 aromatic heterocycles. The fourth-order valence-corrected chi connectivity index (χ4v) is 2.64. The Bertz CT molecular complexity index is 334. The van der Waals surface area contributed by atoms with E-state index in [2.05, 4.69) is 57.8 Å². The van der Waals surface area contributed by atoms with Crippen LogP contribution in [0.15, 0.2) is 28.7 Å². The highest BCUT2D eigenvalue weighted by atomic mass is 79.9. The zero-order valence-electron chi connectivity index (χ0n) is 9.67. The van der Waals surface area contributed by atoms with Crippen LogP contribution in [0.25, 0.3) is 0 Å². The van der Waals surface area contributed by atoms with E-state index in [0.717, 1.165) is 11.0 Å². The van der Waals surface area contributed by atoms with Crippen LogP contribution in [-0.2, 0) is 0 Å². The van der Waals surface area contributed by atoms with E-state index in [1.807, 2.05) is 0 Å². The van der Waals surface area contributed by atoms with E-state index in [1.54, 1.807) is 0 Å². The fraction of sp³-hybridized carbons (Fsp3) is 0.538. The van der Waals surface area contributed by atoms with Gasteiger partial charge in [0.2, 0.25) is 0 Å². The zero-order chi connectivity index (χ0) is 11.4. The van der Waals surface area contributed by atoms with Crippen LogP contribution in [0.2, 0.25) is 0 Å². The number of halogens is 1. The van der Waals surface area contributed by atoms with Gasteiger partial charge in [-0.3, -0.25) is 0 Å². The van der Waals surface area contributed by atoms with E-state index >= 15 is 0 Å². The van der Waals surface area contributed by atoms with Crippen molar-refractivity contribution >= 4 is 15.9 Å². The standard InChI is InChI=1S/C13H19BrN2/c1-10(11-4-2-5-12(14)8-11)16-13-6-3-7-15-9-13/h2,4-5,8,10,13,15-16H,3,6-7,9H2,1H3/t10-,13?/m0/s1. The Morgan fingerprint density at radius 2 is 2.38 bits per heavy atom. The number of hydrogen-bond donors (Lipinski definition) is 2. The highest BCUT2D eigenvalue weighted by Gasteiger charge is 2.15. The zero-order valence-corrected chi connectivity index (χ0v) is 11.3. The fourth-order valence-electron chi connectivity index (χ4n) is 2.22. The smallest absolute Gasteiger partial charge is 0.0295 e. The minimum absolute atomic E-state index is 0.419. The van der Waals surface area contributed by atoms with E-state index in [-0.39, 0.29) is 0 Å². The molecule has 0 saturated carbocycles. The van der Waals surface area contributed by atoms with Crippen molar-refractivity contribution in [2.75, 3.05) is 13.1 Å². The summed E-state index contributed by atoms with van der Waals surface area (Å²) in [5.41, 5.74) is 1.35. The number of piperidine rings is 1. The molecule has 1 saturated heterocycles. The predicted molar refractivity (Wildman–Crippen MR) is 71.6 cm³/mol. The SMILES string of the molecule is C[C@H](NC1CCCNC1)c1cccc(Br)c1. The molecule has 1 aliphatic rings. The van der Waals surface area contributed by atoms with Gasteiger partial charge < -0.3 is 10.6 Å². The van der Waals surface area contributed by atoms with Crippen LogP contribution in [0.1, 0.15) is 31.4 Å². The molecule has 16 heavy (non-hydrogen) atoms. The molecule has 2 nitrogen and oxygen atoms in total. The molecule has 0 spiro atoms. The van der Waals surface area contributed by atoms with Crippen molar-refractivity contribution < 1.29 is 0 Å². The Labute approximate surface area is 106 Å². The second-order valence-electron chi connectivity index (χ2n) is 4.49. The van der Waals surface area contributed by atoms with Gasteiger partial charge in [0.05, 0.1) is 0 Å². The molecule has 3 heteroatoms. The summed E-state index contributed by atoms with van der Waals surface area (Å²) in [5, 5.41) is 7.11. The van der Waals surface area contributed by atoms with Crippen LogP contribution < -0.4 is 10.6 Å². The van der Waals surface area contributed by atoms with E-state index in [0.29, 0.717) is 12.1 Å². The lowest BCUT2D eigenvalue weighted by atomic mass is 10.0. The van der Waals surface area contributed by atoms with Crippen molar-refractivity contribution in [3.8, 4) is 0 Å². The van der Waals surface area contributed by atoms with Gasteiger partial charge in [0.15, 0.2) is 0 Å². The molecular weight excluding hydrogens is 264 g/mol. The Balaban J connectivity index is 1.94. The van der Waals surface area contributed by atoms with Crippen molar-refractivity contribution in [1.29, 1.82) is 0 Å². The van der Waals surface area contributed by atoms with Crippen LogP contribution in [0.4, 0.5) is 0 Å². The maximum Gasteiger partial charge on any atom is 0.0295 e. The summed E-state index contributed by atoms with van der Waals surface area (Å²) in [6.07, 6.45) is 2.56. The topological polar surface area (TPSA) is 24.1 Å². The van der Waals surface area contributed by atoms with Crippen LogP contribution in [0, 0.1) is 0 Å². The van der Waals surface area contributed by atoms with Crippen molar-refractivity contribution in [3.05, 3.63) is 34.3 Å². The third-order valence-corrected chi connectivity index (χ3v) is 3.62. The average Bonchev–Trinajstić information content (AvgIpc) is 2.30. The minimum Gasteiger partial charge on any atom is -0.315 e. The molecule has 2 rings (SSSR count). The summed E-state index contributed by atoms with van der Waals surface area (Å²) >= 11 is 3.52. The van der Waals surface area contributed by atoms with Crippen LogP contribution in [-0.4, -0.2) is 19.1 Å². The summed E-state index contributed by atoms with van der Waals surface area (Å²) in [7, 11) is 0. The van der Waals surface area contributed by atoms with Crippen molar-refractivity contribution in [2.45, 2.75) is 31.8 Å².